The van der Waals surface area contributed by atoms with Crippen LogP contribution in [-0.4, -0.2) is 74.9 Å². The highest BCUT2D eigenvalue weighted by atomic mass is 16.5. The number of amides is 2. The van der Waals surface area contributed by atoms with E-state index >= 15 is 0 Å². The van der Waals surface area contributed by atoms with E-state index < -0.39 is 34.5 Å². The van der Waals surface area contributed by atoms with Crippen LogP contribution in [0.3, 0.4) is 0 Å². The van der Waals surface area contributed by atoms with Gasteiger partial charge in [0.2, 0.25) is 11.8 Å². The first-order valence-corrected chi connectivity index (χ1v) is 11.9. The maximum atomic E-state index is 13.1. The van der Waals surface area contributed by atoms with Crippen LogP contribution >= 0.6 is 0 Å². The number of carbonyl (C=O) groups excluding carboxylic acids is 2. The van der Waals surface area contributed by atoms with E-state index in [0.717, 1.165) is 12.8 Å². The SMILES string of the molecule is CC(=O)N[C@@H](CCCCN)C(=O)N1CCC2(CC1)C[C@](C)(O)[C@@H](n1cc(C)c(=O)[nH]c1=O)CO2. The second kappa shape index (κ2) is 10.4. The average Bonchev–Trinajstić information content (AvgIpc) is 2.75. The highest BCUT2D eigenvalue weighted by molar-refractivity contribution is 5.86. The number of aromatic nitrogens is 2. The minimum absolute atomic E-state index is 0.111. The molecule has 2 aliphatic rings. The van der Waals surface area contributed by atoms with E-state index in [4.69, 9.17) is 10.5 Å². The van der Waals surface area contributed by atoms with Crippen LogP contribution in [0, 0.1) is 6.92 Å². The van der Waals surface area contributed by atoms with E-state index in [1.54, 1.807) is 18.7 Å². The molecule has 2 fully saturated rings. The summed E-state index contributed by atoms with van der Waals surface area (Å²) >= 11 is 0. The molecular weight excluding hydrogens is 442 g/mol. The second-order valence-corrected chi connectivity index (χ2v) is 9.89. The summed E-state index contributed by atoms with van der Waals surface area (Å²) in [7, 11) is 0. The van der Waals surface area contributed by atoms with Crippen LogP contribution in [0.25, 0.3) is 0 Å². The Balaban J connectivity index is 1.67. The van der Waals surface area contributed by atoms with Gasteiger partial charge in [-0.1, -0.05) is 0 Å². The Hall–Kier alpha value is -2.50. The van der Waals surface area contributed by atoms with Crippen molar-refractivity contribution >= 4 is 11.8 Å². The molecule has 11 nitrogen and oxygen atoms in total. The molecule has 0 radical (unpaired) electrons. The first kappa shape index (κ1) is 26.1. The lowest BCUT2D eigenvalue weighted by Crippen LogP contribution is -2.60. The van der Waals surface area contributed by atoms with Crippen LogP contribution in [0.5, 0.6) is 0 Å². The molecule has 3 atom stereocenters. The molecule has 2 saturated heterocycles. The third kappa shape index (κ3) is 5.76. The number of aromatic amines is 1. The molecule has 11 heteroatoms. The predicted octanol–water partition coefficient (Wildman–Crippen LogP) is -0.448. The molecule has 1 spiro atoms. The van der Waals surface area contributed by atoms with Crippen LogP contribution in [0.2, 0.25) is 0 Å². The first-order chi connectivity index (χ1) is 16.0. The number of H-pyrrole nitrogens is 1. The molecule has 0 aliphatic carbocycles. The molecule has 2 amide bonds. The Labute approximate surface area is 198 Å². The molecular formula is C23H37N5O6. The molecule has 3 rings (SSSR count). The maximum absolute atomic E-state index is 13.1. The first-order valence-electron chi connectivity index (χ1n) is 11.9. The van der Waals surface area contributed by atoms with E-state index in [1.807, 2.05) is 0 Å². The molecule has 190 valence electrons. The second-order valence-electron chi connectivity index (χ2n) is 9.89. The fourth-order valence-corrected chi connectivity index (χ4v) is 5.13. The standard InChI is InChI=1S/C23H37N5O6/c1-15-12-28(21(32)26-19(15)30)18-13-34-23(14-22(18,3)33)7-10-27(11-8-23)20(31)17(25-16(2)29)6-4-5-9-24/h12,17-18,33H,4-11,13-14,24H2,1-3H3,(H,25,29)(H,26,30,32)/t17-,18-,22-/m0/s1. The third-order valence-electron chi connectivity index (χ3n) is 7.04. The summed E-state index contributed by atoms with van der Waals surface area (Å²) in [4.78, 5) is 52.8. The topological polar surface area (TPSA) is 160 Å². The Morgan fingerprint density at radius 3 is 2.59 bits per heavy atom. The van der Waals surface area contributed by atoms with Crippen LogP contribution in [0.1, 0.15) is 64.0 Å². The van der Waals surface area contributed by atoms with Crippen molar-refractivity contribution in [3.63, 3.8) is 0 Å². The van der Waals surface area contributed by atoms with E-state index in [2.05, 4.69) is 10.3 Å². The largest absolute Gasteiger partial charge is 0.388 e. The minimum atomic E-state index is -1.25. The van der Waals surface area contributed by atoms with Gasteiger partial charge in [0.15, 0.2) is 0 Å². The molecule has 0 unspecified atom stereocenters. The zero-order chi connectivity index (χ0) is 25.1. The quantitative estimate of drug-likeness (QED) is 0.385. The molecule has 0 bridgehead atoms. The zero-order valence-corrected chi connectivity index (χ0v) is 20.3. The van der Waals surface area contributed by atoms with Gasteiger partial charge in [-0.3, -0.25) is 23.9 Å². The fraction of sp³-hybridized carbons (Fsp3) is 0.739. The molecule has 0 aromatic carbocycles. The average molecular weight is 480 g/mol. The summed E-state index contributed by atoms with van der Waals surface area (Å²) in [6.45, 7) is 6.23. The normalized spacial score (nSPS) is 25.2. The number of aliphatic hydroxyl groups is 1. The lowest BCUT2D eigenvalue weighted by atomic mass is 9.75. The summed E-state index contributed by atoms with van der Waals surface area (Å²) in [5.41, 5.74) is 3.03. The van der Waals surface area contributed by atoms with Gasteiger partial charge in [0.25, 0.3) is 5.56 Å². The van der Waals surface area contributed by atoms with Gasteiger partial charge < -0.3 is 25.8 Å². The Bertz CT molecular complexity index is 1010. The van der Waals surface area contributed by atoms with Crippen molar-refractivity contribution in [2.75, 3.05) is 26.2 Å². The van der Waals surface area contributed by atoms with Crippen molar-refractivity contribution in [2.45, 2.75) is 82.6 Å². The number of piperidine rings is 1. The number of ether oxygens (including phenoxy) is 1. The Morgan fingerprint density at radius 2 is 2.00 bits per heavy atom. The number of aryl methyl sites for hydroxylation is 1. The van der Waals surface area contributed by atoms with E-state index in [1.165, 1.54) is 17.7 Å². The summed E-state index contributed by atoms with van der Waals surface area (Å²) in [5, 5.41) is 14.1. The fourth-order valence-electron chi connectivity index (χ4n) is 5.13. The van der Waals surface area contributed by atoms with Gasteiger partial charge in [-0.15, -0.1) is 0 Å². The third-order valence-corrected chi connectivity index (χ3v) is 7.04. The minimum Gasteiger partial charge on any atom is -0.388 e. The van der Waals surface area contributed by atoms with Crippen molar-refractivity contribution in [3.8, 4) is 0 Å². The van der Waals surface area contributed by atoms with E-state index in [9.17, 15) is 24.3 Å². The Morgan fingerprint density at radius 1 is 1.32 bits per heavy atom. The number of hydrogen-bond acceptors (Lipinski definition) is 7. The van der Waals surface area contributed by atoms with Gasteiger partial charge in [-0.2, -0.15) is 0 Å². The van der Waals surface area contributed by atoms with E-state index in [-0.39, 0.29) is 18.4 Å². The van der Waals surface area contributed by atoms with Gasteiger partial charge in [-0.25, -0.2) is 4.79 Å². The smallest absolute Gasteiger partial charge is 0.328 e. The maximum Gasteiger partial charge on any atom is 0.328 e. The van der Waals surface area contributed by atoms with Gasteiger partial charge >= 0.3 is 5.69 Å². The lowest BCUT2D eigenvalue weighted by molar-refractivity contribution is -0.198. The summed E-state index contributed by atoms with van der Waals surface area (Å²) in [6.07, 6.45) is 4.90. The number of rotatable bonds is 7. The van der Waals surface area contributed by atoms with Crippen molar-refractivity contribution in [3.05, 3.63) is 32.6 Å². The van der Waals surface area contributed by atoms with Gasteiger partial charge in [-0.05, 0) is 52.5 Å². The molecule has 2 aliphatic heterocycles. The Kier molecular flexibility index (Phi) is 7.99. The molecule has 5 N–H and O–H groups in total. The van der Waals surface area contributed by atoms with Crippen molar-refractivity contribution in [1.82, 2.24) is 19.8 Å². The van der Waals surface area contributed by atoms with Crippen LogP contribution in [0.15, 0.2) is 15.8 Å². The number of hydrogen-bond donors (Lipinski definition) is 4. The zero-order valence-electron chi connectivity index (χ0n) is 20.3. The number of carbonyl (C=O) groups is 2. The van der Waals surface area contributed by atoms with Crippen molar-refractivity contribution < 1.29 is 19.4 Å². The number of nitrogens with one attached hydrogen (secondary N) is 2. The molecule has 0 saturated carbocycles. The van der Waals surface area contributed by atoms with Crippen LogP contribution in [-0.2, 0) is 14.3 Å². The number of likely N-dealkylation sites (tertiary alicyclic amines) is 1. The van der Waals surface area contributed by atoms with Crippen LogP contribution in [0.4, 0.5) is 0 Å². The molecule has 34 heavy (non-hydrogen) atoms. The van der Waals surface area contributed by atoms with Crippen LogP contribution < -0.4 is 22.3 Å². The summed E-state index contributed by atoms with van der Waals surface area (Å²) in [6, 6.07) is -1.22. The highest BCUT2D eigenvalue weighted by Gasteiger charge is 2.50. The van der Waals surface area contributed by atoms with Crippen molar-refractivity contribution in [1.29, 1.82) is 0 Å². The van der Waals surface area contributed by atoms with Crippen molar-refractivity contribution in [2.24, 2.45) is 5.73 Å². The number of unbranched alkanes of at least 4 members (excludes halogenated alkanes) is 1. The lowest BCUT2D eigenvalue weighted by Gasteiger charge is -2.51. The van der Waals surface area contributed by atoms with Gasteiger partial charge in [0, 0.05) is 38.2 Å². The molecule has 1 aromatic heterocycles. The number of nitrogens with two attached hydrogens (primary N) is 1. The van der Waals surface area contributed by atoms with E-state index in [0.29, 0.717) is 50.9 Å². The highest BCUT2D eigenvalue weighted by Crippen LogP contribution is 2.43. The van der Waals surface area contributed by atoms with Gasteiger partial charge in [0.1, 0.15) is 6.04 Å². The molecule has 1 aromatic rings. The molecule has 3 heterocycles. The monoisotopic (exact) mass is 479 g/mol. The summed E-state index contributed by atoms with van der Waals surface area (Å²) in [5.74, 6) is -0.359. The number of nitrogens with zero attached hydrogens (tertiary/aromatic N) is 2. The predicted molar refractivity (Wildman–Crippen MR) is 125 cm³/mol. The summed E-state index contributed by atoms with van der Waals surface area (Å²) < 4.78 is 7.57. The van der Waals surface area contributed by atoms with Gasteiger partial charge in [0.05, 0.1) is 23.9 Å².